The van der Waals surface area contributed by atoms with E-state index in [1.54, 1.807) is 0 Å². The number of rotatable bonds is 11. The summed E-state index contributed by atoms with van der Waals surface area (Å²) >= 11 is 0. The van der Waals surface area contributed by atoms with Crippen molar-refractivity contribution in [1.82, 2.24) is 4.90 Å². The van der Waals surface area contributed by atoms with Gasteiger partial charge in [0.05, 0.1) is 6.04 Å². The maximum Gasteiger partial charge on any atom is 0.239 e. The first-order chi connectivity index (χ1) is 16.3. The molecule has 1 saturated carbocycles. The number of hydrogen-bond donors (Lipinski definition) is 1. The van der Waals surface area contributed by atoms with Gasteiger partial charge in [0.15, 0.2) is 0 Å². The molecule has 0 spiro atoms. The Labute approximate surface area is 209 Å². The number of aryl methyl sites for hydroxylation is 1. The smallest absolute Gasteiger partial charge is 0.239 e. The van der Waals surface area contributed by atoms with Gasteiger partial charge < -0.3 is 15.5 Å². The Kier molecular flexibility index (Phi) is 10.8. The van der Waals surface area contributed by atoms with Gasteiger partial charge in [0.1, 0.15) is 0 Å². The minimum Gasteiger partial charge on any atom is -0.368 e. The van der Waals surface area contributed by atoms with Gasteiger partial charge in [0.2, 0.25) is 5.91 Å². The number of hydrogen-bond acceptors (Lipinski definition) is 3. The van der Waals surface area contributed by atoms with E-state index in [2.05, 4.69) is 56.9 Å². The molecule has 0 radical (unpaired) electrons. The summed E-state index contributed by atoms with van der Waals surface area (Å²) in [5, 5.41) is 0. The Morgan fingerprint density at radius 1 is 0.971 bits per heavy atom. The van der Waals surface area contributed by atoms with Gasteiger partial charge in [-0.15, -0.1) is 0 Å². The molecule has 1 amide bonds. The first kappa shape index (κ1) is 27.0. The molecule has 2 fully saturated rings. The van der Waals surface area contributed by atoms with Gasteiger partial charge in [-0.1, -0.05) is 71.9 Å². The van der Waals surface area contributed by atoms with Gasteiger partial charge in [0.25, 0.3) is 0 Å². The maximum absolute atomic E-state index is 12.8. The Bertz CT molecular complexity index is 715. The molecule has 4 heteroatoms. The molecule has 1 heterocycles. The Morgan fingerprint density at radius 2 is 1.62 bits per heavy atom. The van der Waals surface area contributed by atoms with Gasteiger partial charge in [-0.3, -0.25) is 4.79 Å². The summed E-state index contributed by atoms with van der Waals surface area (Å²) in [7, 11) is 0. The predicted molar refractivity (Wildman–Crippen MR) is 145 cm³/mol. The number of piperidine rings is 1. The second-order valence-electron chi connectivity index (χ2n) is 11.9. The van der Waals surface area contributed by atoms with E-state index in [-0.39, 0.29) is 11.9 Å². The number of nitrogens with zero attached hydrogens (tertiary/aromatic N) is 2. The number of likely N-dealkylation sites (tertiary alicyclic amines) is 1. The van der Waals surface area contributed by atoms with Crippen molar-refractivity contribution < 1.29 is 4.79 Å². The first-order valence-corrected chi connectivity index (χ1v) is 14.2. The van der Waals surface area contributed by atoms with Crippen molar-refractivity contribution in [3.05, 3.63) is 29.8 Å². The fourth-order valence-corrected chi connectivity index (χ4v) is 5.86. The molecule has 1 atom stereocenters. The van der Waals surface area contributed by atoms with E-state index in [0.717, 1.165) is 44.8 Å². The Balaban J connectivity index is 1.58. The second kappa shape index (κ2) is 13.5. The van der Waals surface area contributed by atoms with Crippen molar-refractivity contribution in [3.63, 3.8) is 0 Å². The summed E-state index contributed by atoms with van der Waals surface area (Å²) in [6.07, 6.45) is 13.8. The highest BCUT2D eigenvalue weighted by Gasteiger charge is 2.29. The molecule has 3 rings (SSSR count). The quantitative estimate of drug-likeness (QED) is 0.407. The number of carbonyl (C=O) groups is 1. The lowest BCUT2D eigenvalue weighted by molar-refractivity contribution is -0.134. The Hall–Kier alpha value is -1.55. The number of anilines is 1. The Morgan fingerprint density at radius 3 is 2.21 bits per heavy atom. The lowest BCUT2D eigenvalue weighted by atomic mass is 9.85. The average Bonchev–Trinajstić information content (AvgIpc) is 2.83. The van der Waals surface area contributed by atoms with Crippen molar-refractivity contribution in [1.29, 1.82) is 0 Å². The van der Waals surface area contributed by atoms with Gasteiger partial charge in [-0.05, 0) is 74.0 Å². The SMILES string of the molecule is CC(C)CCN(c1ccc(CCC2CCCCC2)cc1)C1CCN(C(=O)[C@H](N)CC(C)C)CC1. The summed E-state index contributed by atoms with van der Waals surface area (Å²) < 4.78 is 0. The second-order valence-corrected chi connectivity index (χ2v) is 11.9. The minimum absolute atomic E-state index is 0.142. The van der Waals surface area contributed by atoms with E-state index in [9.17, 15) is 4.79 Å². The maximum atomic E-state index is 12.8. The molecule has 1 aromatic rings. The fraction of sp³-hybridized carbons (Fsp3) is 0.767. The highest BCUT2D eigenvalue weighted by Crippen LogP contribution is 2.29. The lowest BCUT2D eigenvalue weighted by Crippen LogP contribution is -2.51. The fourth-order valence-electron chi connectivity index (χ4n) is 5.86. The van der Waals surface area contributed by atoms with Crippen LogP contribution in [0.5, 0.6) is 0 Å². The van der Waals surface area contributed by atoms with Crippen LogP contribution in [-0.2, 0) is 11.2 Å². The topological polar surface area (TPSA) is 49.6 Å². The summed E-state index contributed by atoms with van der Waals surface area (Å²) in [5.74, 6) is 2.22. The molecule has 0 unspecified atom stereocenters. The first-order valence-electron chi connectivity index (χ1n) is 14.2. The average molecular weight is 470 g/mol. The van der Waals surface area contributed by atoms with E-state index < -0.39 is 0 Å². The molecular formula is C30H51N3O. The summed E-state index contributed by atoms with van der Waals surface area (Å²) in [6.45, 7) is 11.6. The molecule has 2 N–H and O–H groups in total. The van der Waals surface area contributed by atoms with Crippen LogP contribution < -0.4 is 10.6 Å². The van der Waals surface area contributed by atoms with E-state index >= 15 is 0 Å². The molecule has 0 aromatic heterocycles. The lowest BCUT2D eigenvalue weighted by Gasteiger charge is -2.41. The van der Waals surface area contributed by atoms with Gasteiger partial charge in [0, 0.05) is 31.4 Å². The predicted octanol–water partition coefficient (Wildman–Crippen LogP) is 6.42. The van der Waals surface area contributed by atoms with Gasteiger partial charge in [-0.25, -0.2) is 0 Å². The standard InChI is InChI=1S/C30H51N3O/c1-23(2)16-21-33(28-17-19-32(20-18-28)30(34)29(31)22-24(3)4)27-14-12-26(13-15-27)11-10-25-8-6-5-7-9-25/h12-15,23-25,28-29H,5-11,16-22,31H2,1-4H3/t29-/m1/s1. The molecule has 2 aliphatic rings. The van der Waals surface area contributed by atoms with Crippen LogP contribution in [0.2, 0.25) is 0 Å². The third-order valence-corrected chi connectivity index (χ3v) is 8.04. The van der Waals surface area contributed by atoms with Gasteiger partial charge in [-0.2, -0.15) is 0 Å². The van der Waals surface area contributed by atoms with Crippen LogP contribution in [-0.4, -0.2) is 42.5 Å². The normalized spacial score (nSPS) is 19.1. The van der Waals surface area contributed by atoms with E-state index in [1.165, 1.54) is 62.6 Å². The van der Waals surface area contributed by atoms with E-state index in [1.807, 2.05) is 4.90 Å². The van der Waals surface area contributed by atoms with Crippen LogP contribution in [0.15, 0.2) is 24.3 Å². The largest absolute Gasteiger partial charge is 0.368 e. The van der Waals surface area contributed by atoms with E-state index in [0.29, 0.717) is 17.9 Å². The molecular weight excluding hydrogens is 418 g/mol. The van der Waals surface area contributed by atoms with E-state index in [4.69, 9.17) is 5.73 Å². The monoisotopic (exact) mass is 469 g/mol. The van der Waals surface area contributed by atoms with Crippen LogP contribution in [0.1, 0.15) is 97.5 Å². The number of nitrogens with two attached hydrogens (primary N) is 1. The van der Waals surface area contributed by atoms with Crippen molar-refractivity contribution >= 4 is 11.6 Å². The van der Waals surface area contributed by atoms with Crippen LogP contribution in [0, 0.1) is 17.8 Å². The molecule has 1 saturated heterocycles. The number of amides is 1. The number of carbonyl (C=O) groups excluding carboxylic acids is 1. The van der Waals surface area contributed by atoms with Crippen molar-refractivity contribution in [3.8, 4) is 0 Å². The summed E-state index contributed by atoms with van der Waals surface area (Å²) in [5.41, 5.74) is 9.03. The highest BCUT2D eigenvalue weighted by molar-refractivity contribution is 5.81. The van der Waals surface area contributed by atoms with Crippen molar-refractivity contribution in [2.45, 2.75) is 110 Å². The zero-order valence-corrected chi connectivity index (χ0v) is 22.5. The number of benzene rings is 1. The third kappa shape index (κ3) is 8.29. The molecule has 1 aromatic carbocycles. The van der Waals surface area contributed by atoms with Crippen LogP contribution in [0.25, 0.3) is 0 Å². The minimum atomic E-state index is -0.352. The molecule has 34 heavy (non-hydrogen) atoms. The molecule has 0 bridgehead atoms. The van der Waals surface area contributed by atoms with Crippen molar-refractivity contribution in [2.24, 2.45) is 23.5 Å². The molecule has 4 nitrogen and oxygen atoms in total. The molecule has 1 aliphatic heterocycles. The third-order valence-electron chi connectivity index (χ3n) is 8.04. The molecule has 1 aliphatic carbocycles. The summed E-state index contributed by atoms with van der Waals surface area (Å²) in [4.78, 5) is 17.4. The molecule has 192 valence electrons. The van der Waals surface area contributed by atoms with Crippen LogP contribution in [0.4, 0.5) is 5.69 Å². The highest BCUT2D eigenvalue weighted by atomic mass is 16.2. The van der Waals surface area contributed by atoms with Crippen LogP contribution in [0.3, 0.4) is 0 Å². The van der Waals surface area contributed by atoms with Crippen LogP contribution >= 0.6 is 0 Å². The summed E-state index contributed by atoms with van der Waals surface area (Å²) in [6, 6.07) is 9.58. The van der Waals surface area contributed by atoms with Crippen molar-refractivity contribution in [2.75, 3.05) is 24.5 Å². The van der Waals surface area contributed by atoms with Gasteiger partial charge >= 0.3 is 0 Å². The zero-order chi connectivity index (χ0) is 24.5. The zero-order valence-electron chi connectivity index (χ0n) is 22.5.